The summed E-state index contributed by atoms with van der Waals surface area (Å²) < 4.78 is 5.37. The van der Waals surface area contributed by atoms with Gasteiger partial charge in [-0.05, 0) is 31.7 Å². The molecule has 0 aliphatic heterocycles. The van der Waals surface area contributed by atoms with Crippen LogP contribution in [0.5, 0.6) is 0 Å². The molecule has 2 atom stereocenters. The summed E-state index contributed by atoms with van der Waals surface area (Å²) in [6.07, 6.45) is 3.64. The smallest absolute Gasteiger partial charge is 0.309 e. The highest BCUT2D eigenvalue weighted by molar-refractivity contribution is 5.72. The number of ether oxygens (including phenoxy) is 1. The lowest BCUT2D eigenvalue weighted by Gasteiger charge is -2.14. The van der Waals surface area contributed by atoms with Crippen molar-refractivity contribution in [2.75, 3.05) is 0 Å². The van der Waals surface area contributed by atoms with Gasteiger partial charge in [-0.2, -0.15) is 0 Å². The summed E-state index contributed by atoms with van der Waals surface area (Å²) in [5.41, 5.74) is 6.74. The maximum absolute atomic E-state index is 12.0. The van der Waals surface area contributed by atoms with Crippen LogP contribution in [0.1, 0.15) is 45.1 Å². The van der Waals surface area contributed by atoms with Crippen molar-refractivity contribution in [1.82, 2.24) is 0 Å². The van der Waals surface area contributed by atoms with Crippen molar-refractivity contribution in [1.29, 1.82) is 0 Å². The maximum atomic E-state index is 12.0. The van der Waals surface area contributed by atoms with E-state index in [1.165, 1.54) is 0 Å². The lowest BCUT2D eigenvalue weighted by atomic mass is 9.98. The highest BCUT2D eigenvalue weighted by atomic mass is 16.5. The number of hydrogen-bond acceptors (Lipinski definition) is 3. The second kappa shape index (κ2) is 8.70. The summed E-state index contributed by atoms with van der Waals surface area (Å²) in [7, 11) is 0. The SMILES string of the molecule is CCC(CCCC(C)N)C(=O)OCc1ccccc1. The van der Waals surface area contributed by atoms with Gasteiger partial charge in [0.1, 0.15) is 6.61 Å². The predicted molar refractivity (Wildman–Crippen MR) is 77.5 cm³/mol. The van der Waals surface area contributed by atoms with Gasteiger partial charge in [-0.1, -0.05) is 43.7 Å². The van der Waals surface area contributed by atoms with Crippen LogP contribution in [0.3, 0.4) is 0 Å². The lowest BCUT2D eigenvalue weighted by Crippen LogP contribution is -2.19. The van der Waals surface area contributed by atoms with Gasteiger partial charge in [-0.3, -0.25) is 4.79 Å². The van der Waals surface area contributed by atoms with Crippen LogP contribution in [0.4, 0.5) is 0 Å². The zero-order valence-corrected chi connectivity index (χ0v) is 12.0. The van der Waals surface area contributed by atoms with Crippen LogP contribution >= 0.6 is 0 Å². The Balaban J connectivity index is 2.33. The summed E-state index contributed by atoms with van der Waals surface area (Å²) >= 11 is 0. The van der Waals surface area contributed by atoms with Gasteiger partial charge < -0.3 is 10.5 Å². The Morgan fingerprint density at radius 3 is 2.53 bits per heavy atom. The fourth-order valence-corrected chi connectivity index (χ4v) is 2.02. The number of rotatable bonds is 8. The van der Waals surface area contributed by atoms with E-state index in [1.54, 1.807) is 0 Å². The molecule has 0 aromatic heterocycles. The average Bonchev–Trinajstić information content (AvgIpc) is 2.42. The quantitative estimate of drug-likeness (QED) is 0.732. The first-order valence-electron chi connectivity index (χ1n) is 7.09. The van der Waals surface area contributed by atoms with Gasteiger partial charge in [-0.25, -0.2) is 0 Å². The minimum Gasteiger partial charge on any atom is -0.461 e. The Hall–Kier alpha value is -1.35. The molecule has 1 aromatic rings. The summed E-state index contributed by atoms with van der Waals surface area (Å²) in [5, 5.41) is 0. The van der Waals surface area contributed by atoms with E-state index in [0.717, 1.165) is 31.2 Å². The first-order chi connectivity index (χ1) is 9.13. The summed E-state index contributed by atoms with van der Waals surface area (Å²) in [4.78, 5) is 12.0. The molecule has 2 N–H and O–H groups in total. The van der Waals surface area contributed by atoms with Crippen LogP contribution < -0.4 is 5.73 Å². The van der Waals surface area contributed by atoms with E-state index >= 15 is 0 Å². The highest BCUT2D eigenvalue weighted by Gasteiger charge is 2.17. The van der Waals surface area contributed by atoms with E-state index in [9.17, 15) is 4.79 Å². The number of carbonyl (C=O) groups excluding carboxylic acids is 1. The van der Waals surface area contributed by atoms with E-state index in [0.29, 0.717) is 6.61 Å². The largest absolute Gasteiger partial charge is 0.461 e. The molecule has 1 rings (SSSR count). The molecule has 2 unspecified atom stereocenters. The molecule has 0 fully saturated rings. The van der Waals surface area contributed by atoms with Crippen molar-refractivity contribution in [3.8, 4) is 0 Å². The van der Waals surface area contributed by atoms with E-state index < -0.39 is 0 Å². The molecule has 3 heteroatoms. The summed E-state index contributed by atoms with van der Waals surface area (Å²) in [6, 6.07) is 9.98. The highest BCUT2D eigenvalue weighted by Crippen LogP contribution is 2.16. The molecule has 0 aliphatic carbocycles. The molecule has 0 saturated heterocycles. The Bertz CT molecular complexity index is 362. The average molecular weight is 263 g/mol. The second-order valence-corrected chi connectivity index (χ2v) is 5.11. The standard InChI is InChI=1S/C16H25NO2/c1-3-15(11-7-8-13(2)17)16(18)19-12-14-9-5-4-6-10-14/h4-6,9-10,13,15H,3,7-8,11-12,17H2,1-2H3. The first-order valence-corrected chi connectivity index (χ1v) is 7.09. The predicted octanol–water partition coefficient (Wildman–Crippen LogP) is 3.27. The van der Waals surface area contributed by atoms with Crippen molar-refractivity contribution in [3.63, 3.8) is 0 Å². The first kappa shape index (κ1) is 15.7. The normalized spacial score (nSPS) is 13.8. The Morgan fingerprint density at radius 1 is 1.26 bits per heavy atom. The van der Waals surface area contributed by atoms with Gasteiger partial charge in [0.2, 0.25) is 0 Å². The van der Waals surface area contributed by atoms with Gasteiger partial charge in [-0.15, -0.1) is 0 Å². The number of nitrogens with two attached hydrogens (primary N) is 1. The molecule has 106 valence electrons. The number of hydrogen-bond donors (Lipinski definition) is 1. The van der Waals surface area contributed by atoms with Crippen molar-refractivity contribution in [2.45, 2.75) is 52.2 Å². The third-order valence-electron chi connectivity index (χ3n) is 3.26. The number of carbonyl (C=O) groups is 1. The lowest BCUT2D eigenvalue weighted by molar-refractivity contribution is -0.150. The van der Waals surface area contributed by atoms with Crippen LogP contribution in [0, 0.1) is 5.92 Å². The van der Waals surface area contributed by atoms with Crippen LogP contribution in [0.2, 0.25) is 0 Å². The number of benzene rings is 1. The molecule has 0 bridgehead atoms. The topological polar surface area (TPSA) is 52.3 Å². The minimum atomic E-state index is -0.0870. The van der Waals surface area contributed by atoms with Crippen molar-refractivity contribution >= 4 is 5.97 Å². The minimum absolute atomic E-state index is 0.00228. The second-order valence-electron chi connectivity index (χ2n) is 5.11. The third-order valence-corrected chi connectivity index (χ3v) is 3.26. The molecule has 0 spiro atoms. The molecule has 0 heterocycles. The van der Waals surface area contributed by atoms with Gasteiger partial charge >= 0.3 is 5.97 Å². The Morgan fingerprint density at radius 2 is 1.95 bits per heavy atom. The van der Waals surface area contributed by atoms with Crippen molar-refractivity contribution < 1.29 is 9.53 Å². The van der Waals surface area contributed by atoms with Crippen molar-refractivity contribution in [2.24, 2.45) is 11.7 Å². The summed E-state index contributed by atoms with van der Waals surface area (Å²) in [5.74, 6) is -0.0847. The van der Waals surface area contributed by atoms with E-state index in [1.807, 2.05) is 44.2 Å². The fraction of sp³-hybridized carbons (Fsp3) is 0.562. The molecule has 0 radical (unpaired) electrons. The van der Waals surface area contributed by atoms with Crippen LogP contribution in [0.25, 0.3) is 0 Å². The van der Waals surface area contributed by atoms with Crippen LogP contribution in [-0.2, 0) is 16.1 Å². The molecule has 0 saturated carbocycles. The van der Waals surface area contributed by atoms with E-state index in [2.05, 4.69) is 0 Å². The maximum Gasteiger partial charge on any atom is 0.309 e. The molecule has 0 aliphatic rings. The van der Waals surface area contributed by atoms with Gasteiger partial charge in [0.25, 0.3) is 0 Å². The summed E-state index contributed by atoms with van der Waals surface area (Å²) in [6.45, 7) is 4.39. The molecular formula is C16H25NO2. The molecular weight excluding hydrogens is 238 g/mol. The molecule has 1 aromatic carbocycles. The third kappa shape index (κ3) is 6.39. The van der Waals surface area contributed by atoms with E-state index in [4.69, 9.17) is 10.5 Å². The Kier molecular flexibility index (Phi) is 7.19. The molecule has 0 amide bonds. The van der Waals surface area contributed by atoms with Gasteiger partial charge in [0, 0.05) is 6.04 Å². The monoisotopic (exact) mass is 263 g/mol. The van der Waals surface area contributed by atoms with Crippen LogP contribution in [-0.4, -0.2) is 12.0 Å². The number of esters is 1. The molecule has 19 heavy (non-hydrogen) atoms. The Labute approximate surface area is 116 Å². The molecule has 3 nitrogen and oxygen atoms in total. The van der Waals surface area contributed by atoms with Crippen LogP contribution in [0.15, 0.2) is 30.3 Å². The fourth-order valence-electron chi connectivity index (χ4n) is 2.02. The van der Waals surface area contributed by atoms with Crippen molar-refractivity contribution in [3.05, 3.63) is 35.9 Å². The zero-order valence-electron chi connectivity index (χ0n) is 12.0. The van der Waals surface area contributed by atoms with E-state index in [-0.39, 0.29) is 17.9 Å². The van der Waals surface area contributed by atoms with Gasteiger partial charge in [0.05, 0.1) is 5.92 Å². The van der Waals surface area contributed by atoms with Gasteiger partial charge in [0.15, 0.2) is 0 Å². The zero-order chi connectivity index (χ0) is 14.1.